The molecule has 0 spiro atoms. The second-order valence-corrected chi connectivity index (χ2v) is 8.97. The molecule has 0 saturated carbocycles. The SMILES string of the molecule is CCCCOCCOCCC(CCOCCOCCCC)(CC(=O)O)SCCC(=O)O. The highest BCUT2D eigenvalue weighted by Crippen LogP contribution is 2.37. The van der Waals surface area contributed by atoms with Gasteiger partial charge in [0.2, 0.25) is 0 Å². The summed E-state index contributed by atoms with van der Waals surface area (Å²) in [7, 11) is 0. The molecule has 0 rings (SSSR count). The first-order valence-corrected chi connectivity index (χ1v) is 12.3. The fourth-order valence-electron chi connectivity index (χ4n) is 2.78. The van der Waals surface area contributed by atoms with Crippen LogP contribution in [0.3, 0.4) is 0 Å². The zero-order valence-electron chi connectivity index (χ0n) is 19.3. The molecule has 0 aromatic heterocycles. The summed E-state index contributed by atoms with van der Waals surface area (Å²) in [5.41, 5.74) is 0. The van der Waals surface area contributed by atoms with Crippen LogP contribution in [0.4, 0.5) is 0 Å². The van der Waals surface area contributed by atoms with Crippen LogP contribution in [0.2, 0.25) is 0 Å². The number of hydrogen-bond donors (Lipinski definition) is 2. The molecule has 2 N–H and O–H groups in total. The molecule has 0 saturated heterocycles. The molecule has 0 atom stereocenters. The van der Waals surface area contributed by atoms with Gasteiger partial charge in [0.1, 0.15) is 0 Å². The molecule has 31 heavy (non-hydrogen) atoms. The monoisotopic (exact) mass is 466 g/mol. The van der Waals surface area contributed by atoms with E-state index in [0.29, 0.717) is 71.4 Å². The summed E-state index contributed by atoms with van der Waals surface area (Å²) in [6, 6.07) is 0. The molecular formula is C22H42O8S. The van der Waals surface area contributed by atoms with Crippen molar-refractivity contribution in [3.05, 3.63) is 0 Å². The van der Waals surface area contributed by atoms with Crippen LogP contribution in [0.15, 0.2) is 0 Å². The fraction of sp³-hybridized carbons (Fsp3) is 0.909. The van der Waals surface area contributed by atoms with Crippen molar-refractivity contribution in [1.82, 2.24) is 0 Å². The molecule has 0 aromatic rings. The zero-order valence-corrected chi connectivity index (χ0v) is 20.1. The quantitative estimate of drug-likeness (QED) is 0.205. The van der Waals surface area contributed by atoms with E-state index in [1.165, 1.54) is 11.8 Å². The molecule has 184 valence electrons. The lowest BCUT2D eigenvalue weighted by atomic mass is 9.97. The van der Waals surface area contributed by atoms with Crippen LogP contribution in [-0.4, -0.2) is 85.5 Å². The molecule has 0 amide bonds. The summed E-state index contributed by atoms with van der Waals surface area (Å²) in [5.74, 6) is -1.45. The third kappa shape index (κ3) is 19.5. The van der Waals surface area contributed by atoms with E-state index in [4.69, 9.17) is 24.1 Å². The van der Waals surface area contributed by atoms with E-state index in [-0.39, 0.29) is 12.8 Å². The lowest BCUT2D eigenvalue weighted by Crippen LogP contribution is -2.33. The second-order valence-electron chi connectivity index (χ2n) is 7.40. The van der Waals surface area contributed by atoms with Gasteiger partial charge in [-0.1, -0.05) is 26.7 Å². The van der Waals surface area contributed by atoms with Crippen molar-refractivity contribution in [2.75, 3.05) is 58.6 Å². The Kier molecular flexibility index (Phi) is 20.4. The molecule has 9 heteroatoms. The van der Waals surface area contributed by atoms with Gasteiger partial charge in [0.05, 0.1) is 39.3 Å². The maximum atomic E-state index is 11.5. The number of unbranched alkanes of at least 4 members (excludes halogenated alkanes) is 2. The van der Waals surface area contributed by atoms with Crippen molar-refractivity contribution in [3.8, 4) is 0 Å². The fourth-order valence-corrected chi connectivity index (χ4v) is 4.17. The summed E-state index contributed by atoms with van der Waals surface area (Å²) in [5, 5.41) is 18.4. The van der Waals surface area contributed by atoms with Crippen molar-refractivity contribution in [1.29, 1.82) is 0 Å². The summed E-state index contributed by atoms with van der Waals surface area (Å²) in [6.07, 6.45) is 5.15. The Balaban J connectivity index is 4.52. The average molecular weight is 467 g/mol. The van der Waals surface area contributed by atoms with Crippen molar-refractivity contribution in [3.63, 3.8) is 0 Å². The van der Waals surface area contributed by atoms with E-state index < -0.39 is 16.7 Å². The molecular weight excluding hydrogens is 424 g/mol. The molecule has 0 radical (unpaired) electrons. The van der Waals surface area contributed by atoms with Gasteiger partial charge in [-0.05, 0) is 25.7 Å². The van der Waals surface area contributed by atoms with Crippen LogP contribution >= 0.6 is 11.8 Å². The van der Waals surface area contributed by atoms with E-state index in [9.17, 15) is 14.7 Å². The lowest BCUT2D eigenvalue weighted by Gasteiger charge is -2.32. The Morgan fingerprint density at radius 1 is 0.710 bits per heavy atom. The molecule has 0 bridgehead atoms. The highest BCUT2D eigenvalue weighted by atomic mass is 32.2. The van der Waals surface area contributed by atoms with E-state index in [1.54, 1.807) is 0 Å². The molecule has 0 aliphatic rings. The van der Waals surface area contributed by atoms with E-state index in [1.807, 2.05) is 0 Å². The molecule has 0 heterocycles. The van der Waals surface area contributed by atoms with Gasteiger partial charge in [-0.15, -0.1) is 0 Å². The summed E-state index contributed by atoms with van der Waals surface area (Å²) >= 11 is 1.39. The highest BCUT2D eigenvalue weighted by Gasteiger charge is 2.33. The summed E-state index contributed by atoms with van der Waals surface area (Å²) < 4.78 is 21.6. The Hall–Kier alpha value is -0.870. The van der Waals surface area contributed by atoms with Crippen LogP contribution in [-0.2, 0) is 28.5 Å². The van der Waals surface area contributed by atoms with Crippen molar-refractivity contribution in [2.45, 2.75) is 70.0 Å². The number of ether oxygens (including phenoxy) is 4. The van der Waals surface area contributed by atoms with Gasteiger partial charge in [-0.3, -0.25) is 9.59 Å². The highest BCUT2D eigenvalue weighted by molar-refractivity contribution is 8.00. The Bertz CT molecular complexity index is 427. The van der Waals surface area contributed by atoms with Crippen molar-refractivity contribution in [2.24, 2.45) is 0 Å². The Morgan fingerprint density at radius 3 is 1.55 bits per heavy atom. The van der Waals surface area contributed by atoms with Crippen LogP contribution < -0.4 is 0 Å². The molecule has 8 nitrogen and oxygen atoms in total. The second kappa shape index (κ2) is 21.0. The predicted octanol–water partition coefficient (Wildman–Crippen LogP) is 3.85. The zero-order chi connectivity index (χ0) is 23.2. The standard InChI is InChI=1S/C22H42O8S/c1-3-5-10-27-14-16-29-12-8-22(19-21(25)26,31-18-7-20(23)24)9-13-30-17-15-28-11-6-4-2/h3-19H2,1-2H3,(H,23,24)(H,25,26). The minimum atomic E-state index is -0.909. The topological polar surface area (TPSA) is 112 Å². The Labute approximate surface area is 191 Å². The number of carboxylic acids is 2. The average Bonchev–Trinajstić information content (AvgIpc) is 2.71. The first-order valence-electron chi connectivity index (χ1n) is 11.3. The number of aliphatic carboxylic acids is 2. The van der Waals surface area contributed by atoms with E-state index >= 15 is 0 Å². The number of carboxylic acid groups (broad SMARTS) is 2. The van der Waals surface area contributed by atoms with Gasteiger partial charge in [0.15, 0.2) is 0 Å². The minimum absolute atomic E-state index is 0.00964. The predicted molar refractivity (Wildman–Crippen MR) is 122 cm³/mol. The van der Waals surface area contributed by atoms with E-state index in [0.717, 1.165) is 25.7 Å². The number of carbonyl (C=O) groups is 2. The van der Waals surface area contributed by atoms with Gasteiger partial charge < -0.3 is 29.2 Å². The molecule has 0 aliphatic heterocycles. The lowest BCUT2D eigenvalue weighted by molar-refractivity contribution is -0.138. The first-order chi connectivity index (χ1) is 15.0. The third-order valence-corrected chi connectivity index (χ3v) is 6.20. The Morgan fingerprint density at radius 2 is 1.16 bits per heavy atom. The van der Waals surface area contributed by atoms with Crippen LogP contribution in [0.25, 0.3) is 0 Å². The molecule has 0 aromatic carbocycles. The van der Waals surface area contributed by atoms with Gasteiger partial charge >= 0.3 is 11.9 Å². The van der Waals surface area contributed by atoms with Gasteiger partial charge in [-0.2, -0.15) is 11.8 Å². The molecule has 0 fully saturated rings. The maximum Gasteiger partial charge on any atom is 0.304 e. The van der Waals surface area contributed by atoms with Crippen molar-refractivity contribution < 1.29 is 38.7 Å². The number of hydrogen-bond acceptors (Lipinski definition) is 7. The third-order valence-electron chi connectivity index (χ3n) is 4.63. The van der Waals surface area contributed by atoms with E-state index in [2.05, 4.69) is 13.8 Å². The van der Waals surface area contributed by atoms with Crippen LogP contribution in [0.5, 0.6) is 0 Å². The van der Waals surface area contributed by atoms with Crippen LogP contribution in [0, 0.1) is 0 Å². The maximum absolute atomic E-state index is 11.5. The largest absolute Gasteiger partial charge is 0.481 e. The minimum Gasteiger partial charge on any atom is -0.481 e. The summed E-state index contributed by atoms with van der Waals surface area (Å²) in [4.78, 5) is 22.4. The van der Waals surface area contributed by atoms with Crippen molar-refractivity contribution >= 4 is 23.7 Å². The summed E-state index contributed by atoms with van der Waals surface area (Å²) in [6.45, 7) is 8.37. The number of thioether (sulfide) groups is 1. The molecule has 0 unspecified atom stereocenters. The smallest absolute Gasteiger partial charge is 0.304 e. The van der Waals surface area contributed by atoms with Crippen LogP contribution in [0.1, 0.15) is 65.2 Å². The van der Waals surface area contributed by atoms with Gasteiger partial charge in [0, 0.05) is 36.9 Å². The first kappa shape index (κ1) is 30.1. The molecule has 0 aliphatic carbocycles. The van der Waals surface area contributed by atoms with Gasteiger partial charge in [-0.25, -0.2) is 0 Å². The number of rotatable bonds is 24. The normalized spacial score (nSPS) is 11.7. The van der Waals surface area contributed by atoms with Gasteiger partial charge in [0.25, 0.3) is 0 Å².